The van der Waals surface area contributed by atoms with Gasteiger partial charge in [-0.3, -0.25) is 9.78 Å². The van der Waals surface area contributed by atoms with Gasteiger partial charge in [-0.15, -0.1) is 5.54 Å². The first-order valence-corrected chi connectivity index (χ1v) is 16.0. The minimum Gasteiger partial charge on any atom is -0.496 e. The largest absolute Gasteiger partial charge is 0.496 e. The Bertz CT molecular complexity index is 1290. The molecule has 0 aliphatic carbocycles. The summed E-state index contributed by atoms with van der Waals surface area (Å²) < 4.78 is 11.2. The van der Waals surface area contributed by atoms with E-state index in [0.29, 0.717) is 34.6 Å². The molecule has 0 unspecified atom stereocenters. The monoisotopic (exact) mass is 549 g/mol. The first-order chi connectivity index (χ1) is 18.3. The van der Waals surface area contributed by atoms with Crippen molar-refractivity contribution in [3.05, 3.63) is 46.3 Å². The SMILES string of the molecule is COc1c(C)cnc(CNC(=O)Oc2cc(C#C[Si](C(C)C)(C(C)C)C(C)C)c3c(c2)N(C(C)=O)CC3)c1C. The lowest BCUT2D eigenvalue weighted by molar-refractivity contribution is -0.116. The van der Waals surface area contributed by atoms with Gasteiger partial charge in [0.2, 0.25) is 5.91 Å². The van der Waals surface area contributed by atoms with E-state index in [1.54, 1.807) is 31.2 Å². The minimum absolute atomic E-state index is 0.0422. The summed E-state index contributed by atoms with van der Waals surface area (Å²) in [6.45, 7) is 19.9. The second kappa shape index (κ2) is 12.2. The second-order valence-electron chi connectivity index (χ2n) is 11.3. The van der Waals surface area contributed by atoms with Gasteiger partial charge in [0.1, 0.15) is 19.6 Å². The lowest BCUT2D eigenvalue weighted by Gasteiger charge is -2.38. The molecular weight excluding hydrogens is 506 g/mol. The van der Waals surface area contributed by atoms with E-state index in [1.165, 1.54) is 0 Å². The van der Waals surface area contributed by atoms with Crippen LogP contribution in [0.4, 0.5) is 10.5 Å². The Morgan fingerprint density at radius 3 is 2.31 bits per heavy atom. The van der Waals surface area contributed by atoms with Crippen LogP contribution in [0.5, 0.6) is 11.5 Å². The molecule has 1 aliphatic rings. The second-order valence-corrected chi connectivity index (χ2v) is 16.9. The van der Waals surface area contributed by atoms with Crippen molar-refractivity contribution in [3.8, 4) is 23.0 Å². The smallest absolute Gasteiger partial charge is 0.412 e. The molecule has 0 radical (unpaired) electrons. The number of pyridine rings is 1. The first-order valence-electron chi connectivity index (χ1n) is 13.8. The van der Waals surface area contributed by atoms with Crippen molar-refractivity contribution in [2.75, 3.05) is 18.6 Å². The quantitative estimate of drug-likeness (QED) is 0.316. The van der Waals surface area contributed by atoms with Crippen molar-refractivity contribution in [2.24, 2.45) is 0 Å². The lowest BCUT2D eigenvalue weighted by Crippen LogP contribution is -2.43. The third kappa shape index (κ3) is 6.14. The van der Waals surface area contributed by atoms with E-state index in [2.05, 4.69) is 63.3 Å². The molecule has 210 valence electrons. The molecule has 0 atom stereocenters. The van der Waals surface area contributed by atoms with Gasteiger partial charge >= 0.3 is 6.09 Å². The number of methoxy groups -OCH3 is 1. The van der Waals surface area contributed by atoms with Gasteiger partial charge in [0.25, 0.3) is 0 Å². The zero-order chi connectivity index (χ0) is 29.1. The number of hydrogen-bond acceptors (Lipinski definition) is 5. The Balaban J connectivity index is 1.95. The summed E-state index contributed by atoms with van der Waals surface area (Å²) in [5, 5.41) is 2.79. The van der Waals surface area contributed by atoms with Gasteiger partial charge in [0.15, 0.2) is 0 Å². The number of carbonyl (C=O) groups excluding carboxylic acids is 2. The molecule has 1 aromatic carbocycles. The Kier molecular flexibility index (Phi) is 9.50. The van der Waals surface area contributed by atoms with Gasteiger partial charge in [-0.05, 0) is 48.5 Å². The maximum absolute atomic E-state index is 12.8. The topological polar surface area (TPSA) is 80.8 Å². The molecule has 7 nitrogen and oxygen atoms in total. The molecule has 2 heterocycles. The fourth-order valence-electron chi connectivity index (χ4n) is 6.13. The van der Waals surface area contributed by atoms with E-state index >= 15 is 0 Å². The third-order valence-corrected chi connectivity index (χ3v) is 14.4. The van der Waals surface area contributed by atoms with Crippen LogP contribution in [0.2, 0.25) is 16.6 Å². The molecule has 1 aromatic heterocycles. The predicted octanol–water partition coefficient (Wildman–Crippen LogP) is 6.47. The number of carbonyl (C=O) groups is 2. The lowest BCUT2D eigenvalue weighted by atomic mass is 10.0. The molecule has 8 heteroatoms. The van der Waals surface area contributed by atoms with Gasteiger partial charge in [-0.25, -0.2) is 4.79 Å². The van der Waals surface area contributed by atoms with E-state index in [-0.39, 0.29) is 12.5 Å². The number of hydrogen-bond donors (Lipinski definition) is 1. The molecule has 3 rings (SSSR count). The van der Waals surface area contributed by atoms with Crippen LogP contribution in [0.25, 0.3) is 0 Å². The van der Waals surface area contributed by atoms with Crippen LogP contribution in [0.15, 0.2) is 18.3 Å². The number of ether oxygens (including phenoxy) is 2. The number of aryl methyl sites for hydroxylation is 1. The van der Waals surface area contributed by atoms with E-state index in [4.69, 9.17) is 9.47 Å². The van der Waals surface area contributed by atoms with Crippen molar-refractivity contribution in [2.45, 2.75) is 91.9 Å². The number of nitrogens with zero attached hydrogens (tertiary/aromatic N) is 2. The van der Waals surface area contributed by atoms with Crippen molar-refractivity contribution < 1.29 is 19.1 Å². The third-order valence-electron chi connectivity index (χ3n) is 8.10. The number of amides is 2. The summed E-state index contributed by atoms with van der Waals surface area (Å²) in [4.78, 5) is 31.4. The molecule has 0 saturated heterocycles. The zero-order valence-electron chi connectivity index (χ0n) is 25.1. The normalized spacial score (nSPS) is 12.9. The number of aromatic nitrogens is 1. The molecule has 0 spiro atoms. The van der Waals surface area contributed by atoms with E-state index in [0.717, 1.165) is 40.1 Å². The molecule has 1 N–H and O–H groups in total. The average molecular weight is 550 g/mol. The van der Waals surface area contributed by atoms with Crippen LogP contribution < -0.4 is 19.7 Å². The highest BCUT2D eigenvalue weighted by Gasteiger charge is 2.41. The number of fused-ring (bicyclic) bond motifs is 1. The molecular formula is C31H43N3O4Si. The summed E-state index contributed by atoms with van der Waals surface area (Å²) >= 11 is 0. The fraction of sp³-hybridized carbons (Fsp3) is 0.516. The van der Waals surface area contributed by atoms with Crippen LogP contribution in [0.1, 0.15) is 76.4 Å². The Hall–Kier alpha value is -3.31. The number of anilines is 1. The summed E-state index contributed by atoms with van der Waals surface area (Å²) in [5.74, 6) is 4.60. The van der Waals surface area contributed by atoms with Crippen molar-refractivity contribution in [3.63, 3.8) is 0 Å². The van der Waals surface area contributed by atoms with Gasteiger partial charge in [0.05, 0.1) is 25.0 Å². The molecule has 39 heavy (non-hydrogen) atoms. The maximum Gasteiger partial charge on any atom is 0.412 e. The summed E-state index contributed by atoms with van der Waals surface area (Å²) in [6, 6.07) is 3.61. The molecule has 2 aromatic rings. The van der Waals surface area contributed by atoms with Crippen molar-refractivity contribution in [1.82, 2.24) is 10.3 Å². The number of rotatable bonds is 7. The first kappa shape index (κ1) is 30.2. The van der Waals surface area contributed by atoms with Gasteiger partial charge in [0, 0.05) is 42.4 Å². The molecule has 0 saturated carbocycles. The summed E-state index contributed by atoms with van der Waals surface area (Å²) in [5.41, 5.74) is 10.4. The van der Waals surface area contributed by atoms with Crippen LogP contribution in [-0.2, 0) is 17.8 Å². The van der Waals surface area contributed by atoms with Gasteiger partial charge in [-0.1, -0.05) is 47.5 Å². The Morgan fingerprint density at radius 1 is 1.10 bits per heavy atom. The standard InChI is InChI=1S/C31H43N3O4Si/c1-19(2)39(20(3)4,21(5)6)14-12-25-15-26(16-29-27(25)11-13-34(29)24(9)35)38-31(36)33-18-28-23(8)30(37-10)22(7)17-32-28/h15-17,19-21H,11,13,18H2,1-10H3,(H,33,36). The van der Waals surface area contributed by atoms with Crippen LogP contribution in [0, 0.1) is 25.3 Å². The van der Waals surface area contributed by atoms with Crippen LogP contribution >= 0.6 is 0 Å². The summed E-state index contributed by atoms with van der Waals surface area (Å²) in [6.07, 6.45) is 1.85. The van der Waals surface area contributed by atoms with E-state index in [1.807, 2.05) is 19.9 Å². The van der Waals surface area contributed by atoms with E-state index < -0.39 is 14.2 Å². The van der Waals surface area contributed by atoms with Crippen molar-refractivity contribution >= 4 is 25.8 Å². The fourth-order valence-corrected chi connectivity index (χ4v) is 11.4. The number of nitrogens with one attached hydrogen (secondary N) is 1. The average Bonchev–Trinajstić information content (AvgIpc) is 3.28. The zero-order valence-corrected chi connectivity index (χ0v) is 26.1. The van der Waals surface area contributed by atoms with Gasteiger partial charge in [-0.2, -0.15) is 0 Å². The Labute approximate surface area is 234 Å². The Morgan fingerprint density at radius 2 is 1.74 bits per heavy atom. The van der Waals surface area contributed by atoms with Crippen molar-refractivity contribution in [1.29, 1.82) is 0 Å². The molecule has 0 fully saturated rings. The molecule has 2 amide bonds. The predicted molar refractivity (Wildman–Crippen MR) is 159 cm³/mol. The minimum atomic E-state index is -1.98. The maximum atomic E-state index is 12.8. The van der Waals surface area contributed by atoms with Gasteiger partial charge < -0.3 is 19.7 Å². The highest BCUT2D eigenvalue weighted by atomic mass is 28.3. The highest BCUT2D eigenvalue weighted by molar-refractivity contribution is 6.90. The van der Waals surface area contributed by atoms with E-state index in [9.17, 15) is 9.59 Å². The number of benzene rings is 1. The van der Waals surface area contributed by atoms with Crippen LogP contribution in [0.3, 0.4) is 0 Å². The summed E-state index contributed by atoms with van der Waals surface area (Å²) in [7, 11) is -0.357. The molecule has 1 aliphatic heterocycles. The highest BCUT2D eigenvalue weighted by Crippen LogP contribution is 2.41. The molecule has 0 bridgehead atoms. The van der Waals surface area contributed by atoms with Crippen LogP contribution in [-0.4, -0.2) is 38.7 Å².